The van der Waals surface area contributed by atoms with Crippen LogP contribution in [0.25, 0.3) is 0 Å². The maximum absolute atomic E-state index is 12.0. The van der Waals surface area contributed by atoms with E-state index in [2.05, 4.69) is 22.2 Å². The Balaban J connectivity index is 1.72. The van der Waals surface area contributed by atoms with Crippen molar-refractivity contribution in [3.05, 3.63) is 35.9 Å². The zero-order valence-corrected chi connectivity index (χ0v) is 11.8. The van der Waals surface area contributed by atoms with Gasteiger partial charge in [-0.15, -0.1) is 0 Å². The Hall–Kier alpha value is -0.950. The molecule has 1 aromatic carbocycles. The minimum Gasteiger partial charge on any atom is -0.314 e. The minimum atomic E-state index is -3.29. The zero-order chi connectivity index (χ0) is 13.6. The van der Waals surface area contributed by atoms with E-state index >= 15 is 0 Å². The molecule has 106 valence electrons. The molecule has 0 saturated carbocycles. The van der Waals surface area contributed by atoms with Crippen molar-refractivity contribution in [2.45, 2.75) is 12.8 Å². The third-order valence-electron chi connectivity index (χ3n) is 3.19. The van der Waals surface area contributed by atoms with Crippen LogP contribution < -0.4 is 10.0 Å². The maximum atomic E-state index is 12.0. The van der Waals surface area contributed by atoms with Crippen LogP contribution in [-0.4, -0.2) is 45.4 Å². The summed E-state index contributed by atoms with van der Waals surface area (Å²) in [5, 5.41) is 3.14. The summed E-state index contributed by atoms with van der Waals surface area (Å²) in [6.45, 7) is 3.04. The number of hydrogen-bond acceptors (Lipinski definition) is 3. The summed E-state index contributed by atoms with van der Waals surface area (Å²) in [6, 6.07) is 10.1. The molecule has 6 heteroatoms. The maximum Gasteiger partial charge on any atom is 0.279 e. The highest BCUT2D eigenvalue weighted by molar-refractivity contribution is 7.87. The number of nitrogens with zero attached hydrogens (tertiary/aromatic N) is 1. The SMILES string of the molecule is O=S(=O)(NCCCc1ccccc1)N1CCNCC1. The standard InChI is InChI=1S/C13H21N3O2S/c17-19(18,16-11-9-14-10-12-16)15-8-4-7-13-5-2-1-3-6-13/h1-3,5-6,14-15H,4,7-12H2. The third kappa shape index (κ3) is 4.58. The van der Waals surface area contributed by atoms with E-state index in [0.717, 1.165) is 25.9 Å². The van der Waals surface area contributed by atoms with Crippen molar-refractivity contribution in [2.75, 3.05) is 32.7 Å². The van der Waals surface area contributed by atoms with Gasteiger partial charge in [-0.3, -0.25) is 0 Å². The van der Waals surface area contributed by atoms with Crippen LogP contribution in [0.3, 0.4) is 0 Å². The van der Waals surface area contributed by atoms with Gasteiger partial charge in [0.1, 0.15) is 0 Å². The monoisotopic (exact) mass is 283 g/mol. The van der Waals surface area contributed by atoms with Crippen LogP contribution in [0.1, 0.15) is 12.0 Å². The van der Waals surface area contributed by atoms with E-state index in [1.54, 1.807) is 0 Å². The van der Waals surface area contributed by atoms with Crippen LogP contribution in [0.5, 0.6) is 0 Å². The molecule has 1 saturated heterocycles. The van der Waals surface area contributed by atoms with Crippen LogP contribution >= 0.6 is 0 Å². The highest BCUT2D eigenvalue weighted by Gasteiger charge is 2.22. The molecule has 0 unspecified atom stereocenters. The summed E-state index contributed by atoms with van der Waals surface area (Å²) in [4.78, 5) is 0. The predicted octanol–water partition coefficient (Wildman–Crippen LogP) is 0.359. The molecule has 1 aliphatic heterocycles. The molecular weight excluding hydrogens is 262 g/mol. The molecule has 0 spiro atoms. The fourth-order valence-corrected chi connectivity index (χ4v) is 3.36. The van der Waals surface area contributed by atoms with Gasteiger partial charge in [0.15, 0.2) is 0 Å². The highest BCUT2D eigenvalue weighted by atomic mass is 32.2. The van der Waals surface area contributed by atoms with Gasteiger partial charge in [0.05, 0.1) is 0 Å². The van der Waals surface area contributed by atoms with E-state index in [4.69, 9.17) is 0 Å². The van der Waals surface area contributed by atoms with E-state index < -0.39 is 10.2 Å². The minimum absolute atomic E-state index is 0.487. The van der Waals surface area contributed by atoms with E-state index in [1.165, 1.54) is 9.87 Å². The van der Waals surface area contributed by atoms with Crippen LogP contribution in [0.2, 0.25) is 0 Å². The first-order valence-electron chi connectivity index (χ1n) is 6.68. The van der Waals surface area contributed by atoms with Gasteiger partial charge in [-0.05, 0) is 18.4 Å². The summed E-state index contributed by atoms with van der Waals surface area (Å²) in [6.07, 6.45) is 1.71. The first-order chi connectivity index (χ1) is 9.18. The lowest BCUT2D eigenvalue weighted by Gasteiger charge is -2.26. The second-order valence-electron chi connectivity index (χ2n) is 4.64. The Bertz CT molecular complexity index is 470. The predicted molar refractivity (Wildman–Crippen MR) is 76.1 cm³/mol. The number of hydrogen-bond donors (Lipinski definition) is 2. The summed E-state index contributed by atoms with van der Waals surface area (Å²) in [5.74, 6) is 0. The molecule has 1 aliphatic rings. The highest BCUT2D eigenvalue weighted by Crippen LogP contribution is 2.03. The van der Waals surface area contributed by atoms with E-state index in [-0.39, 0.29) is 0 Å². The van der Waals surface area contributed by atoms with Gasteiger partial charge in [0.2, 0.25) is 0 Å². The number of piperazine rings is 1. The van der Waals surface area contributed by atoms with Crippen LogP contribution in [0.15, 0.2) is 30.3 Å². The molecule has 1 heterocycles. The van der Waals surface area contributed by atoms with Crippen molar-refractivity contribution in [3.8, 4) is 0 Å². The summed E-state index contributed by atoms with van der Waals surface area (Å²) in [5.41, 5.74) is 1.24. The fourth-order valence-electron chi connectivity index (χ4n) is 2.11. The molecule has 19 heavy (non-hydrogen) atoms. The largest absolute Gasteiger partial charge is 0.314 e. The summed E-state index contributed by atoms with van der Waals surface area (Å²) < 4.78 is 28.1. The quantitative estimate of drug-likeness (QED) is 0.741. The Morgan fingerprint density at radius 1 is 1.16 bits per heavy atom. The summed E-state index contributed by atoms with van der Waals surface area (Å²) in [7, 11) is -3.29. The van der Waals surface area contributed by atoms with Crippen LogP contribution in [0.4, 0.5) is 0 Å². The Labute approximate surface area is 115 Å². The molecule has 1 aromatic rings. The molecule has 1 fully saturated rings. The molecule has 0 aromatic heterocycles. The average Bonchev–Trinajstić information content (AvgIpc) is 2.46. The van der Waals surface area contributed by atoms with E-state index in [1.807, 2.05) is 18.2 Å². The molecule has 0 radical (unpaired) electrons. The van der Waals surface area contributed by atoms with Gasteiger partial charge in [-0.2, -0.15) is 12.7 Å². The molecule has 0 atom stereocenters. The van der Waals surface area contributed by atoms with Crippen molar-refractivity contribution in [1.82, 2.24) is 14.3 Å². The molecule has 0 aliphatic carbocycles. The molecule has 0 bridgehead atoms. The lowest BCUT2D eigenvalue weighted by molar-refractivity contribution is 0.355. The van der Waals surface area contributed by atoms with Gasteiger partial charge in [-0.25, -0.2) is 4.72 Å². The van der Waals surface area contributed by atoms with Crippen molar-refractivity contribution < 1.29 is 8.42 Å². The van der Waals surface area contributed by atoms with Gasteiger partial charge >= 0.3 is 0 Å². The molecular formula is C13H21N3O2S. The average molecular weight is 283 g/mol. The van der Waals surface area contributed by atoms with Gasteiger partial charge in [-0.1, -0.05) is 30.3 Å². The van der Waals surface area contributed by atoms with Crippen molar-refractivity contribution in [1.29, 1.82) is 0 Å². The molecule has 2 N–H and O–H groups in total. The van der Waals surface area contributed by atoms with Gasteiger partial charge in [0.25, 0.3) is 10.2 Å². The molecule has 5 nitrogen and oxygen atoms in total. The van der Waals surface area contributed by atoms with E-state index in [9.17, 15) is 8.42 Å². The number of benzene rings is 1. The van der Waals surface area contributed by atoms with Gasteiger partial charge in [0, 0.05) is 32.7 Å². The first kappa shape index (κ1) is 14.5. The van der Waals surface area contributed by atoms with Crippen molar-refractivity contribution >= 4 is 10.2 Å². The van der Waals surface area contributed by atoms with Gasteiger partial charge < -0.3 is 5.32 Å². The second-order valence-corrected chi connectivity index (χ2v) is 6.39. The second kappa shape index (κ2) is 7.00. The lowest BCUT2D eigenvalue weighted by Crippen LogP contribution is -2.50. The molecule has 2 rings (SSSR count). The lowest BCUT2D eigenvalue weighted by atomic mass is 10.1. The third-order valence-corrected chi connectivity index (χ3v) is 4.80. The number of aryl methyl sites for hydroxylation is 1. The van der Waals surface area contributed by atoms with Crippen molar-refractivity contribution in [3.63, 3.8) is 0 Å². The van der Waals surface area contributed by atoms with Crippen LogP contribution in [0, 0.1) is 0 Å². The fraction of sp³-hybridized carbons (Fsp3) is 0.538. The Kier molecular flexibility index (Phi) is 5.33. The first-order valence-corrected chi connectivity index (χ1v) is 8.12. The van der Waals surface area contributed by atoms with E-state index in [0.29, 0.717) is 19.6 Å². The van der Waals surface area contributed by atoms with Crippen LogP contribution in [-0.2, 0) is 16.6 Å². The zero-order valence-electron chi connectivity index (χ0n) is 11.0. The number of nitrogens with one attached hydrogen (secondary N) is 2. The normalized spacial score (nSPS) is 17.5. The summed E-state index contributed by atoms with van der Waals surface area (Å²) >= 11 is 0. The van der Waals surface area contributed by atoms with Crippen molar-refractivity contribution in [2.24, 2.45) is 0 Å². The smallest absolute Gasteiger partial charge is 0.279 e. The number of rotatable bonds is 6. The Morgan fingerprint density at radius 3 is 2.53 bits per heavy atom. The topological polar surface area (TPSA) is 61.4 Å². The molecule has 0 amide bonds. The Morgan fingerprint density at radius 2 is 1.84 bits per heavy atom.